The molecule has 2 amide bonds. The number of urea groups is 1. The highest BCUT2D eigenvalue weighted by Crippen LogP contribution is 2.24. The SMILES string of the molecule is CCc1noc(-c2ccc(C)c(NC(=O)NC(CO)CC(C)C)c2)n1. The van der Waals surface area contributed by atoms with Crippen molar-refractivity contribution < 1.29 is 14.4 Å². The van der Waals surface area contributed by atoms with Crippen LogP contribution in [-0.2, 0) is 6.42 Å². The van der Waals surface area contributed by atoms with Crippen molar-refractivity contribution in [3.05, 3.63) is 29.6 Å². The van der Waals surface area contributed by atoms with Crippen molar-refractivity contribution in [3.8, 4) is 11.5 Å². The fraction of sp³-hybridized carbons (Fsp3) is 0.500. The lowest BCUT2D eigenvalue weighted by Crippen LogP contribution is -2.41. The van der Waals surface area contributed by atoms with Crippen molar-refractivity contribution in [1.29, 1.82) is 0 Å². The van der Waals surface area contributed by atoms with E-state index in [1.807, 2.05) is 39.8 Å². The molecule has 1 aromatic carbocycles. The summed E-state index contributed by atoms with van der Waals surface area (Å²) >= 11 is 0. The largest absolute Gasteiger partial charge is 0.394 e. The Kier molecular flexibility index (Phi) is 6.52. The molecule has 0 spiro atoms. The van der Waals surface area contributed by atoms with Crippen molar-refractivity contribution in [2.75, 3.05) is 11.9 Å². The summed E-state index contributed by atoms with van der Waals surface area (Å²) in [6.45, 7) is 7.86. The normalized spacial score (nSPS) is 12.2. The van der Waals surface area contributed by atoms with E-state index in [2.05, 4.69) is 20.8 Å². The molecule has 0 aliphatic rings. The van der Waals surface area contributed by atoms with Gasteiger partial charge >= 0.3 is 6.03 Å². The highest BCUT2D eigenvalue weighted by molar-refractivity contribution is 5.91. The van der Waals surface area contributed by atoms with Crippen LogP contribution >= 0.6 is 0 Å². The highest BCUT2D eigenvalue weighted by Gasteiger charge is 2.15. The minimum absolute atomic E-state index is 0.0909. The Labute approximate surface area is 147 Å². The Morgan fingerprint density at radius 3 is 2.72 bits per heavy atom. The van der Waals surface area contributed by atoms with Gasteiger partial charge in [-0.3, -0.25) is 0 Å². The van der Waals surface area contributed by atoms with Gasteiger partial charge in [0.2, 0.25) is 0 Å². The number of nitrogens with zero attached hydrogens (tertiary/aromatic N) is 2. The van der Waals surface area contributed by atoms with Gasteiger partial charge in [0.05, 0.1) is 12.6 Å². The summed E-state index contributed by atoms with van der Waals surface area (Å²) in [7, 11) is 0. The fourth-order valence-electron chi connectivity index (χ4n) is 2.50. The van der Waals surface area contributed by atoms with Gasteiger partial charge in [0.25, 0.3) is 5.89 Å². The molecule has 0 saturated carbocycles. The molecule has 1 heterocycles. The summed E-state index contributed by atoms with van der Waals surface area (Å²) in [5, 5.41) is 18.9. The molecule has 136 valence electrons. The maximum atomic E-state index is 12.2. The van der Waals surface area contributed by atoms with Crippen molar-refractivity contribution in [2.45, 2.75) is 46.6 Å². The first-order valence-electron chi connectivity index (χ1n) is 8.54. The molecule has 25 heavy (non-hydrogen) atoms. The van der Waals surface area contributed by atoms with Crippen molar-refractivity contribution in [1.82, 2.24) is 15.5 Å². The Bertz CT molecular complexity index is 712. The molecule has 1 unspecified atom stereocenters. The number of carbonyl (C=O) groups excluding carboxylic acids is 1. The minimum atomic E-state index is -0.347. The molecule has 1 atom stereocenters. The number of aromatic nitrogens is 2. The van der Waals surface area contributed by atoms with Gasteiger partial charge in [-0.1, -0.05) is 32.0 Å². The third-order valence-corrected chi connectivity index (χ3v) is 3.83. The minimum Gasteiger partial charge on any atom is -0.394 e. The third-order valence-electron chi connectivity index (χ3n) is 3.83. The van der Waals surface area contributed by atoms with E-state index in [1.165, 1.54) is 0 Å². The number of benzene rings is 1. The zero-order chi connectivity index (χ0) is 18.4. The van der Waals surface area contributed by atoms with Crippen LogP contribution in [0.15, 0.2) is 22.7 Å². The molecule has 3 N–H and O–H groups in total. The van der Waals surface area contributed by atoms with Crippen LogP contribution in [0.2, 0.25) is 0 Å². The number of hydrogen-bond donors (Lipinski definition) is 3. The van der Waals surface area contributed by atoms with Crippen molar-refractivity contribution >= 4 is 11.7 Å². The van der Waals surface area contributed by atoms with Gasteiger partial charge in [-0.25, -0.2) is 4.79 Å². The van der Waals surface area contributed by atoms with E-state index in [9.17, 15) is 9.90 Å². The number of nitrogens with one attached hydrogen (secondary N) is 2. The molecule has 7 nitrogen and oxygen atoms in total. The molecule has 2 aromatic rings. The van der Waals surface area contributed by atoms with E-state index in [0.29, 0.717) is 36.2 Å². The second-order valence-corrected chi connectivity index (χ2v) is 6.51. The summed E-state index contributed by atoms with van der Waals surface area (Å²) in [6, 6.07) is 4.95. The standard InChI is InChI=1S/C18H26N4O3/c1-5-16-21-17(25-22-16)13-7-6-12(4)15(9-13)20-18(24)19-14(10-23)8-11(2)3/h6-7,9,11,14,23H,5,8,10H2,1-4H3,(H2,19,20,24). The van der Waals surface area contributed by atoms with E-state index in [4.69, 9.17) is 4.52 Å². The molecule has 0 saturated heterocycles. The predicted molar refractivity (Wildman–Crippen MR) is 96.3 cm³/mol. The molecule has 7 heteroatoms. The summed E-state index contributed by atoms with van der Waals surface area (Å²) in [4.78, 5) is 16.5. The average Bonchev–Trinajstić information content (AvgIpc) is 3.05. The fourth-order valence-corrected chi connectivity index (χ4v) is 2.50. The average molecular weight is 346 g/mol. The van der Waals surface area contributed by atoms with Gasteiger partial charge in [-0.05, 0) is 37.0 Å². The molecule has 0 aliphatic carbocycles. The quantitative estimate of drug-likeness (QED) is 0.715. The second kappa shape index (κ2) is 8.62. The number of aliphatic hydroxyl groups excluding tert-OH is 1. The lowest BCUT2D eigenvalue weighted by atomic mass is 10.0. The van der Waals surface area contributed by atoms with Gasteiger partial charge < -0.3 is 20.3 Å². The maximum Gasteiger partial charge on any atom is 0.319 e. The number of rotatable bonds is 7. The zero-order valence-electron chi connectivity index (χ0n) is 15.2. The summed E-state index contributed by atoms with van der Waals surface area (Å²) in [6.07, 6.45) is 1.41. The first-order chi connectivity index (χ1) is 11.9. The lowest BCUT2D eigenvalue weighted by molar-refractivity contribution is 0.214. The van der Waals surface area contributed by atoms with E-state index >= 15 is 0 Å². The van der Waals surface area contributed by atoms with Crippen molar-refractivity contribution in [2.24, 2.45) is 5.92 Å². The molecule has 0 fully saturated rings. The van der Waals surface area contributed by atoms with E-state index in [1.54, 1.807) is 6.07 Å². The Balaban J connectivity index is 2.10. The van der Waals surface area contributed by atoms with Crippen molar-refractivity contribution in [3.63, 3.8) is 0 Å². The molecule has 1 aromatic heterocycles. The molecule has 0 bridgehead atoms. The third kappa shape index (κ3) is 5.29. The Hall–Kier alpha value is -2.41. The summed E-state index contributed by atoms with van der Waals surface area (Å²) in [5.41, 5.74) is 2.32. The van der Waals surface area contributed by atoms with Gasteiger partial charge in [-0.15, -0.1) is 0 Å². The van der Waals surface area contributed by atoms with Crippen LogP contribution in [-0.4, -0.2) is 33.9 Å². The topological polar surface area (TPSA) is 100 Å². The van der Waals surface area contributed by atoms with Crippen LogP contribution in [0, 0.1) is 12.8 Å². The van der Waals surface area contributed by atoms with Crippen LogP contribution in [0.5, 0.6) is 0 Å². The van der Waals surface area contributed by atoms with Gasteiger partial charge in [0, 0.05) is 17.7 Å². The first-order valence-corrected chi connectivity index (χ1v) is 8.54. The number of aryl methyl sites for hydroxylation is 2. The lowest BCUT2D eigenvalue weighted by Gasteiger charge is -2.19. The smallest absolute Gasteiger partial charge is 0.319 e. The second-order valence-electron chi connectivity index (χ2n) is 6.51. The molecular formula is C18H26N4O3. The molecule has 2 rings (SSSR count). The van der Waals surface area contributed by atoms with Crippen LogP contribution < -0.4 is 10.6 Å². The maximum absolute atomic E-state index is 12.2. The van der Waals surface area contributed by atoms with Crippen LogP contribution in [0.25, 0.3) is 11.5 Å². The number of anilines is 1. The summed E-state index contributed by atoms with van der Waals surface area (Å²) < 4.78 is 5.24. The molecule has 0 radical (unpaired) electrons. The summed E-state index contributed by atoms with van der Waals surface area (Å²) in [5.74, 6) is 1.45. The van der Waals surface area contributed by atoms with Crippen LogP contribution in [0.1, 0.15) is 38.6 Å². The van der Waals surface area contributed by atoms with Gasteiger partial charge in [-0.2, -0.15) is 4.98 Å². The zero-order valence-corrected chi connectivity index (χ0v) is 15.2. The predicted octanol–water partition coefficient (Wildman–Crippen LogP) is 3.14. The van der Waals surface area contributed by atoms with E-state index in [-0.39, 0.29) is 18.7 Å². The Morgan fingerprint density at radius 1 is 1.36 bits per heavy atom. The highest BCUT2D eigenvalue weighted by atomic mass is 16.5. The van der Waals surface area contributed by atoms with E-state index in [0.717, 1.165) is 11.1 Å². The van der Waals surface area contributed by atoms with Gasteiger partial charge in [0.1, 0.15) is 0 Å². The molecule has 0 aliphatic heterocycles. The number of aliphatic hydroxyl groups is 1. The number of amides is 2. The number of carbonyl (C=O) groups is 1. The van der Waals surface area contributed by atoms with Crippen LogP contribution in [0.3, 0.4) is 0 Å². The first kappa shape index (κ1) is 18.9. The molecular weight excluding hydrogens is 320 g/mol. The monoisotopic (exact) mass is 346 g/mol. The van der Waals surface area contributed by atoms with Crippen LogP contribution in [0.4, 0.5) is 10.5 Å². The van der Waals surface area contributed by atoms with E-state index < -0.39 is 0 Å². The van der Waals surface area contributed by atoms with Gasteiger partial charge in [0.15, 0.2) is 5.82 Å². The number of hydrogen-bond acceptors (Lipinski definition) is 5. The Morgan fingerprint density at radius 2 is 2.12 bits per heavy atom.